The molecule has 0 saturated carbocycles. The first-order valence-corrected chi connectivity index (χ1v) is 96.6. The fraction of sp³-hybridized carbons (Fsp3) is 0.740. The predicted octanol–water partition coefficient (Wildman–Crippen LogP) is 29.2. The van der Waals surface area contributed by atoms with Gasteiger partial charge in [0.15, 0.2) is 0 Å². The smallest absolute Gasteiger partial charge is 0.319 e. The molecular weight excluding hydrogens is 2040 g/mol. The minimum Gasteiger partial charge on any atom is -0.520 e. The minimum absolute atomic E-state index is 0.00623. The van der Waals surface area contributed by atoms with Gasteiger partial charge in [-0.15, -0.1) is 6.58 Å². The van der Waals surface area contributed by atoms with E-state index in [1.807, 2.05) is 376 Å². The Kier molecular flexibility index (Phi) is 95.1. The van der Waals surface area contributed by atoms with Crippen LogP contribution in [0.15, 0.2) is 72.9 Å². The predicted molar refractivity (Wildman–Crippen MR) is 629 cm³/mol. The second-order valence-corrected chi connectivity index (χ2v) is 111. The summed E-state index contributed by atoms with van der Waals surface area (Å²) in [4.78, 5) is 152. The summed E-state index contributed by atoms with van der Waals surface area (Å²) < 4.78 is 71.9. The first kappa shape index (κ1) is 167. The Balaban J connectivity index is -0.000000104. The molecule has 28 nitrogen and oxygen atoms in total. The molecule has 0 fully saturated rings. The molecule has 0 spiro atoms. The summed E-state index contributed by atoms with van der Waals surface area (Å²) >= 11 is 0. The van der Waals surface area contributed by atoms with Crippen LogP contribution in [-0.4, -0.2) is 200 Å². The Morgan fingerprint density at radius 1 is 0.310 bits per heavy atom. The van der Waals surface area contributed by atoms with Crippen molar-refractivity contribution in [2.24, 2.45) is 23.2 Å². The average molecular weight is 2260 g/mol. The van der Waals surface area contributed by atoms with Crippen LogP contribution in [0.4, 0.5) is 0 Å². The topological polar surface area (TPSA) is 368 Å². The van der Waals surface area contributed by atoms with Crippen molar-refractivity contribution in [3.05, 3.63) is 72.9 Å². The molecule has 0 atom stereocenters. The molecule has 0 aliphatic rings. The Hall–Kier alpha value is -5.94. The summed E-state index contributed by atoms with van der Waals surface area (Å²) in [6.07, 6.45) is 15.6. The molecule has 0 aliphatic carbocycles. The van der Waals surface area contributed by atoms with Crippen molar-refractivity contribution in [1.29, 1.82) is 0 Å². The third-order valence-corrected chi connectivity index (χ3v) is 23.4. The van der Waals surface area contributed by atoms with Gasteiger partial charge in [-0.05, 0) is 362 Å². The quantitative estimate of drug-likeness (QED) is 0.0343. The summed E-state index contributed by atoms with van der Waals surface area (Å²) in [7, 11) is -22.9. The van der Waals surface area contributed by atoms with E-state index in [0.29, 0.717) is 55.9 Å². The largest absolute Gasteiger partial charge is 0.520 e. The van der Waals surface area contributed by atoms with Crippen molar-refractivity contribution in [2.75, 3.05) is 0 Å². The highest BCUT2D eigenvalue weighted by Gasteiger charge is 2.31. The van der Waals surface area contributed by atoms with Crippen LogP contribution in [0, 0.1) is 23.2 Å². The Labute approximate surface area is 883 Å². The lowest BCUT2D eigenvalue weighted by atomic mass is 9.98. The van der Waals surface area contributed by atoms with Crippen molar-refractivity contribution >= 4 is 200 Å². The monoisotopic (exact) mass is 2260 g/mol. The van der Waals surface area contributed by atoms with Crippen LogP contribution in [0.5, 0.6) is 0 Å². The van der Waals surface area contributed by atoms with Crippen LogP contribution in [0.1, 0.15) is 189 Å². The minimum atomic E-state index is -1.69. The maximum absolute atomic E-state index is 11.3. The number of hydrogen-bond acceptors (Lipinski definition) is 28. The van der Waals surface area contributed by atoms with E-state index in [1.165, 1.54) is 32.9 Å². The molecule has 0 heterocycles. The van der Waals surface area contributed by atoms with E-state index in [1.54, 1.807) is 13.0 Å². The highest BCUT2D eigenvalue weighted by Crippen LogP contribution is 2.20. The van der Waals surface area contributed by atoms with Crippen molar-refractivity contribution < 1.29 is 129 Å². The van der Waals surface area contributed by atoms with Gasteiger partial charge >= 0.3 is 17.9 Å². The number of carbonyl (C=O) groups is 14. The van der Waals surface area contributed by atoms with Gasteiger partial charge in [-0.3, -0.25) is 52.7 Å². The van der Waals surface area contributed by atoms with Crippen LogP contribution >= 0.6 is 0 Å². The molecular formula is C100H216O28Si14. The summed E-state index contributed by atoms with van der Waals surface area (Å²) in [5.74, 6) is -0.893. The van der Waals surface area contributed by atoms with Crippen LogP contribution in [-0.2, 0) is 129 Å². The SMILES string of the molecule is C/C=C/CC(=O)O[Si](C)(C)C.C=C(C)C(=O)O[Si](C)(C)C.C=CC(=O)O[Si](C)(C)C.C=CCC(=O)O[Si](C)(C)C.CC(=O)O[Si](C)(C)C.CC(=O)O[Si](C)(C)C.CC(=O)O[Si](C)(C)C.CC(C)(C)C(=O)O[Si](C)(C)C.CC(C)=CC(=O)O[Si](C)(C)C.CC(C)=CCC(=O)O[Si](C)(C)C.CC(C)C(=O)O[Si](C)(C)C.CC(C)CC(=O)O[Si](C)(C)C.CC(C)CCC(=O)O[Si](C)(C)C.CCCCC(=O)O[Si](C)(C)C. The second-order valence-electron chi connectivity index (χ2n) is 49.2. The van der Waals surface area contributed by atoms with Crippen LogP contribution in [0.25, 0.3) is 0 Å². The molecule has 42 heteroatoms. The first-order chi connectivity index (χ1) is 62.1. The number of unbranched alkanes of at least 4 members (excludes halogenated alkanes) is 1. The van der Waals surface area contributed by atoms with Crippen LogP contribution in [0.3, 0.4) is 0 Å². The molecule has 0 aromatic heterocycles. The molecule has 0 aromatic carbocycles. The van der Waals surface area contributed by atoms with Crippen molar-refractivity contribution in [3.8, 4) is 0 Å². The summed E-state index contributed by atoms with van der Waals surface area (Å²) in [6.45, 7) is 129. The lowest BCUT2D eigenvalue weighted by Gasteiger charge is -2.24. The molecule has 0 amide bonds. The number of rotatable bonds is 32. The van der Waals surface area contributed by atoms with Crippen LogP contribution < -0.4 is 0 Å². The van der Waals surface area contributed by atoms with E-state index in [0.717, 1.165) is 30.4 Å². The molecule has 0 rings (SSSR count). The molecule has 0 N–H and O–H groups in total. The van der Waals surface area contributed by atoms with E-state index in [2.05, 4.69) is 40.5 Å². The second kappa shape index (κ2) is 81.0. The molecule has 840 valence electrons. The van der Waals surface area contributed by atoms with Gasteiger partial charge in [-0.25, -0.2) is 14.4 Å². The van der Waals surface area contributed by atoms with Gasteiger partial charge in [0, 0.05) is 63.7 Å². The fourth-order valence-electron chi connectivity index (χ4n) is 7.42. The average Bonchev–Trinajstić information content (AvgIpc) is 0.883. The number of hydrogen-bond donors (Lipinski definition) is 0. The first-order valence-electron chi connectivity index (χ1n) is 48.9. The highest BCUT2D eigenvalue weighted by atomic mass is 28.4. The van der Waals surface area contributed by atoms with Crippen LogP contribution in [0.2, 0.25) is 275 Å². The number of allylic oxidation sites excluding steroid dienone is 3. The van der Waals surface area contributed by atoms with E-state index in [4.69, 9.17) is 62.0 Å². The lowest BCUT2D eigenvalue weighted by Crippen LogP contribution is -2.35. The summed E-state index contributed by atoms with van der Waals surface area (Å²) in [5, 5.41) is 0. The zero-order chi connectivity index (χ0) is 118. The Morgan fingerprint density at radius 2 is 0.577 bits per heavy atom. The third kappa shape index (κ3) is 200. The van der Waals surface area contributed by atoms with Crippen molar-refractivity contribution in [2.45, 2.75) is 464 Å². The molecule has 0 bridgehead atoms. The maximum atomic E-state index is 11.3. The fourth-order valence-corrected chi connectivity index (χ4v) is 18.4. The normalized spacial score (nSPS) is 11.3. The Morgan fingerprint density at radius 3 is 0.761 bits per heavy atom. The zero-order valence-electron chi connectivity index (χ0n) is 102. The molecule has 0 saturated heterocycles. The molecule has 0 aliphatic heterocycles. The van der Waals surface area contributed by atoms with Gasteiger partial charge in [0.1, 0.15) is 0 Å². The van der Waals surface area contributed by atoms with Gasteiger partial charge in [-0.1, -0.05) is 103 Å². The van der Waals surface area contributed by atoms with Gasteiger partial charge in [0.05, 0.1) is 24.7 Å². The van der Waals surface area contributed by atoms with E-state index in [9.17, 15) is 67.1 Å². The maximum Gasteiger partial charge on any atom is 0.319 e. The van der Waals surface area contributed by atoms with Gasteiger partial charge in [-0.2, -0.15) is 0 Å². The molecule has 0 unspecified atom stereocenters. The van der Waals surface area contributed by atoms with E-state index in [-0.39, 0.29) is 94.9 Å². The van der Waals surface area contributed by atoms with Crippen molar-refractivity contribution in [3.63, 3.8) is 0 Å². The van der Waals surface area contributed by atoms with E-state index < -0.39 is 116 Å². The molecule has 0 radical (unpaired) electrons. The zero-order valence-corrected chi connectivity index (χ0v) is 116. The third-order valence-electron chi connectivity index (χ3n) is 11.6. The highest BCUT2D eigenvalue weighted by molar-refractivity contribution is 6.76. The van der Waals surface area contributed by atoms with Gasteiger partial charge in [0.25, 0.3) is 65.7 Å². The number of carbonyl (C=O) groups excluding carboxylic acids is 14. The molecule has 0 aromatic rings. The standard InChI is InChI=1S/C9H20O2Si.C9H18O2Si.2C8H18O2Si.C8H16O2Si.C8H18O2Si.C8H16O2Si.C7H16O2Si.2C7H14O2Si.C6H12O2Si.3C5H12O2Si/c2*1-8(2)6-7-9(10)11-12(3,4)5;1-8(2,3)7(9)10-11(4,5)6;2*1-7(2)6-8(9)10-11(3,4)5;2*1-5-6-7-8(9)10-11(2,3)4;2*1-6(2)7(8)9-10(3,4)5;1-5-6-7(8)9-10(2,3)4;1-5-6(7)8-9(2,3)4;3*1-5(6)7-8(2,3)4/h8H,6-7H2,1-5H3;6H,7H2,1-5H3;1-6H3;7H,6H2,1-5H3;6H,1-5H3;5-7H2,1-4H3;5-6H,7H2,1-4H3;6H,1-5H3;1H2,2-5H3;5H,1,6H2,2-4H3;5H,1H2,2-4H3;3*1-4H3/b;;;;;;6-5+;;;;;;;. The molecule has 142 heavy (non-hydrogen) atoms. The van der Waals surface area contributed by atoms with Gasteiger partial charge < -0.3 is 62.0 Å². The summed E-state index contributed by atoms with van der Waals surface area (Å²) in [5.41, 5.74) is 2.25. The Bertz CT molecular complexity index is 3640. The lowest BCUT2D eigenvalue weighted by molar-refractivity contribution is -0.144. The van der Waals surface area contributed by atoms with E-state index >= 15 is 0 Å². The van der Waals surface area contributed by atoms with Crippen molar-refractivity contribution in [1.82, 2.24) is 0 Å². The van der Waals surface area contributed by atoms with Gasteiger partial charge in [0.2, 0.25) is 116 Å². The summed E-state index contributed by atoms with van der Waals surface area (Å²) in [6, 6.07) is 0.